The van der Waals surface area contributed by atoms with Crippen molar-refractivity contribution in [3.05, 3.63) is 52.2 Å². The number of hydrogen-bond donors (Lipinski definition) is 2. The fourth-order valence-corrected chi connectivity index (χ4v) is 3.49. The first-order chi connectivity index (χ1) is 11.5. The molecular weight excluding hydrogens is 324 g/mol. The van der Waals surface area contributed by atoms with Crippen molar-refractivity contribution in [2.24, 2.45) is 5.92 Å². The van der Waals surface area contributed by atoms with Gasteiger partial charge in [-0.15, -0.1) is 0 Å². The Kier molecular flexibility index (Phi) is 4.97. The molecule has 1 aliphatic rings. The van der Waals surface area contributed by atoms with Crippen molar-refractivity contribution in [1.82, 2.24) is 5.32 Å². The van der Waals surface area contributed by atoms with Crippen LogP contribution in [-0.4, -0.2) is 30.0 Å². The molecule has 1 fully saturated rings. The number of rotatable bonds is 5. The Morgan fingerprint density at radius 3 is 2.79 bits per heavy atom. The predicted octanol–water partition coefficient (Wildman–Crippen LogP) is 2.26. The molecule has 1 aromatic carbocycles. The van der Waals surface area contributed by atoms with Crippen molar-refractivity contribution in [2.45, 2.75) is 19.4 Å². The second-order valence-corrected chi connectivity index (χ2v) is 6.84. The lowest BCUT2D eigenvalue weighted by Crippen LogP contribution is -2.35. The van der Waals surface area contributed by atoms with Crippen molar-refractivity contribution < 1.29 is 14.7 Å². The van der Waals surface area contributed by atoms with E-state index in [1.807, 2.05) is 48.0 Å². The minimum Gasteiger partial charge on any atom is -0.387 e. The number of benzene rings is 1. The van der Waals surface area contributed by atoms with Crippen LogP contribution in [0.25, 0.3) is 0 Å². The Hall–Kier alpha value is -2.18. The van der Waals surface area contributed by atoms with Gasteiger partial charge in [0, 0.05) is 25.2 Å². The molecule has 1 aromatic heterocycles. The van der Waals surface area contributed by atoms with Crippen molar-refractivity contribution in [3.8, 4) is 0 Å². The molecule has 126 valence electrons. The third-order valence-electron chi connectivity index (χ3n) is 4.24. The Morgan fingerprint density at radius 1 is 1.38 bits per heavy atom. The summed E-state index contributed by atoms with van der Waals surface area (Å²) in [5.41, 5.74) is 2.74. The minimum atomic E-state index is -0.717. The summed E-state index contributed by atoms with van der Waals surface area (Å²) in [5.74, 6) is -0.613. The number of aliphatic hydroxyl groups excluding tert-OH is 1. The fraction of sp³-hybridized carbons (Fsp3) is 0.333. The van der Waals surface area contributed by atoms with E-state index in [2.05, 4.69) is 5.32 Å². The molecule has 1 saturated heterocycles. The molecule has 2 unspecified atom stereocenters. The summed E-state index contributed by atoms with van der Waals surface area (Å²) in [4.78, 5) is 26.1. The van der Waals surface area contributed by atoms with Gasteiger partial charge in [-0.2, -0.15) is 11.3 Å². The highest BCUT2D eigenvalue weighted by Gasteiger charge is 2.35. The molecular formula is C18H20N2O3S. The van der Waals surface area contributed by atoms with Crippen molar-refractivity contribution in [2.75, 3.05) is 18.0 Å². The number of aliphatic hydroxyl groups is 1. The summed E-state index contributed by atoms with van der Waals surface area (Å²) < 4.78 is 0. The standard InChI is InChI=1S/C18H20N2O3S/c1-12-2-4-15(5-3-12)20-10-14(8-17(20)22)18(23)19-9-16(21)13-6-7-24-11-13/h2-7,11,14,16,21H,8-10H2,1H3,(H,19,23). The molecule has 2 atom stereocenters. The summed E-state index contributed by atoms with van der Waals surface area (Å²) in [7, 11) is 0. The summed E-state index contributed by atoms with van der Waals surface area (Å²) in [6.07, 6.45) is -0.514. The van der Waals surface area contributed by atoms with E-state index < -0.39 is 6.10 Å². The molecule has 2 N–H and O–H groups in total. The van der Waals surface area contributed by atoms with E-state index in [4.69, 9.17) is 0 Å². The van der Waals surface area contributed by atoms with Crippen LogP contribution in [0, 0.1) is 12.8 Å². The number of carbonyl (C=O) groups is 2. The first kappa shape index (κ1) is 16.7. The maximum atomic E-state index is 12.3. The number of carbonyl (C=O) groups excluding carboxylic acids is 2. The summed E-state index contributed by atoms with van der Waals surface area (Å²) in [6, 6.07) is 9.53. The molecule has 0 bridgehead atoms. The van der Waals surface area contributed by atoms with Crippen LogP contribution in [0.5, 0.6) is 0 Å². The second-order valence-electron chi connectivity index (χ2n) is 6.06. The predicted molar refractivity (Wildman–Crippen MR) is 93.9 cm³/mol. The molecule has 2 aromatic rings. The van der Waals surface area contributed by atoms with Crippen molar-refractivity contribution >= 4 is 28.8 Å². The van der Waals surface area contributed by atoms with Crippen LogP contribution in [-0.2, 0) is 9.59 Å². The highest BCUT2D eigenvalue weighted by molar-refractivity contribution is 7.07. The largest absolute Gasteiger partial charge is 0.387 e. The maximum Gasteiger partial charge on any atom is 0.227 e. The topological polar surface area (TPSA) is 69.6 Å². The van der Waals surface area contributed by atoms with Crippen LogP contribution in [0.2, 0.25) is 0 Å². The van der Waals surface area contributed by atoms with E-state index in [1.54, 1.807) is 4.90 Å². The van der Waals surface area contributed by atoms with Gasteiger partial charge < -0.3 is 15.3 Å². The quantitative estimate of drug-likeness (QED) is 0.874. The normalized spacial score (nSPS) is 18.7. The van der Waals surface area contributed by atoms with Gasteiger partial charge >= 0.3 is 0 Å². The Morgan fingerprint density at radius 2 is 2.12 bits per heavy atom. The van der Waals surface area contributed by atoms with Gasteiger partial charge in [-0.05, 0) is 41.4 Å². The van der Waals surface area contributed by atoms with Gasteiger partial charge in [-0.1, -0.05) is 17.7 Å². The van der Waals surface area contributed by atoms with Crippen LogP contribution in [0.3, 0.4) is 0 Å². The Balaban J connectivity index is 1.57. The zero-order valence-corrected chi connectivity index (χ0v) is 14.3. The molecule has 6 heteroatoms. The monoisotopic (exact) mass is 344 g/mol. The third kappa shape index (κ3) is 3.66. The average Bonchev–Trinajstić information content (AvgIpc) is 3.23. The number of anilines is 1. The number of amides is 2. The van der Waals surface area contributed by atoms with Crippen LogP contribution >= 0.6 is 11.3 Å². The van der Waals surface area contributed by atoms with Crippen molar-refractivity contribution in [3.63, 3.8) is 0 Å². The molecule has 1 aliphatic heterocycles. The van der Waals surface area contributed by atoms with Crippen LogP contribution in [0.1, 0.15) is 23.7 Å². The van der Waals surface area contributed by atoms with E-state index in [0.717, 1.165) is 16.8 Å². The zero-order chi connectivity index (χ0) is 17.1. The molecule has 0 saturated carbocycles. The van der Waals surface area contributed by atoms with Gasteiger partial charge in [0.15, 0.2) is 0 Å². The third-order valence-corrected chi connectivity index (χ3v) is 4.94. The number of thiophene rings is 1. The van der Waals surface area contributed by atoms with E-state index in [-0.39, 0.29) is 30.7 Å². The van der Waals surface area contributed by atoms with Gasteiger partial charge in [-0.25, -0.2) is 0 Å². The Bertz CT molecular complexity index is 712. The number of nitrogens with zero attached hydrogens (tertiary/aromatic N) is 1. The molecule has 3 rings (SSSR count). The lowest BCUT2D eigenvalue weighted by Gasteiger charge is -2.17. The number of aryl methyl sites for hydroxylation is 1. The summed E-state index contributed by atoms with van der Waals surface area (Å²) in [6.45, 7) is 2.53. The van der Waals surface area contributed by atoms with Crippen LogP contribution < -0.4 is 10.2 Å². The van der Waals surface area contributed by atoms with Gasteiger partial charge in [0.2, 0.25) is 11.8 Å². The summed E-state index contributed by atoms with van der Waals surface area (Å²) >= 11 is 1.50. The lowest BCUT2D eigenvalue weighted by atomic mass is 10.1. The smallest absolute Gasteiger partial charge is 0.227 e. The van der Waals surface area contributed by atoms with Gasteiger partial charge in [0.05, 0.1) is 12.0 Å². The van der Waals surface area contributed by atoms with E-state index in [9.17, 15) is 14.7 Å². The number of nitrogens with one attached hydrogen (secondary N) is 1. The first-order valence-electron chi connectivity index (χ1n) is 7.89. The van der Waals surface area contributed by atoms with Crippen molar-refractivity contribution in [1.29, 1.82) is 0 Å². The minimum absolute atomic E-state index is 0.0441. The van der Waals surface area contributed by atoms with Gasteiger partial charge in [-0.3, -0.25) is 9.59 Å². The molecule has 24 heavy (non-hydrogen) atoms. The van der Waals surface area contributed by atoms with Gasteiger partial charge in [0.1, 0.15) is 0 Å². The zero-order valence-electron chi connectivity index (χ0n) is 13.4. The summed E-state index contributed by atoms with van der Waals surface area (Å²) in [5, 5.41) is 16.5. The lowest BCUT2D eigenvalue weighted by molar-refractivity contribution is -0.126. The van der Waals surface area contributed by atoms with E-state index in [0.29, 0.717) is 6.54 Å². The van der Waals surface area contributed by atoms with Crippen LogP contribution in [0.4, 0.5) is 5.69 Å². The maximum absolute atomic E-state index is 12.3. The van der Waals surface area contributed by atoms with Gasteiger partial charge in [0.25, 0.3) is 0 Å². The highest BCUT2D eigenvalue weighted by atomic mass is 32.1. The van der Waals surface area contributed by atoms with E-state index >= 15 is 0 Å². The second kappa shape index (κ2) is 7.15. The molecule has 5 nitrogen and oxygen atoms in total. The first-order valence-corrected chi connectivity index (χ1v) is 8.84. The SMILES string of the molecule is Cc1ccc(N2CC(C(=O)NCC(O)c3ccsc3)CC2=O)cc1. The molecule has 2 amide bonds. The van der Waals surface area contributed by atoms with E-state index in [1.165, 1.54) is 11.3 Å². The fourth-order valence-electron chi connectivity index (χ4n) is 2.78. The Labute approximate surface area is 144 Å². The molecule has 0 aliphatic carbocycles. The molecule has 0 radical (unpaired) electrons. The number of hydrogen-bond acceptors (Lipinski definition) is 4. The van der Waals surface area contributed by atoms with Crippen LogP contribution in [0.15, 0.2) is 41.1 Å². The highest BCUT2D eigenvalue weighted by Crippen LogP contribution is 2.25. The molecule has 2 heterocycles. The average molecular weight is 344 g/mol. The molecule has 0 spiro atoms.